The SMILES string of the molecule is O=C(COc1ccccc1)NCCCn1cc(Cl)ccc1=O. The van der Waals surface area contributed by atoms with Crippen LogP contribution in [-0.4, -0.2) is 23.6 Å². The second-order valence-electron chi connectivity index (χ2n) is 4.68. The van der Waals surface area contributed by atoms with Crippen molar-refractivity contribution >= 4 is 17.5 Å². The van der Waals surface area contributed by atoms with Crippen LogP contribution in [0.15, 0.2) is 53.5 Å². The zero-order valence-corrected chi connectivity index (χ0v) is 12.8. The lowest BCUT2D eigenvalue weighted by Crippen LogP contribution is -2.30. The number of benzene rings is 1. The van der Waals surface area contributed by atoms with Gasteiger partial charge in [-0.3, -0.25) is 9.59 Å². The molecule has 2 aromatic rings. The highest BCUT2D eigenvalue weighted by Gasteiger charge is 2.02. The molecule has 1 heterocycles. The highest BCUT2D eigenvalue weighted by Crippen LogP contribution is 2.07. The third kappa shape index (κ3) is 5.26. The Hall–Kier alpha value is -2.27. The Bertz CT molecular complexity index is 671. The largest absolute Gasteiger partial charge is 0.484 e. The van der Waals surface area contributed by atoms with Crippen molar-refractivity contribution < 1.29 is 9.53 Å². The fourth-order valence-electron chi connectivity index (χ4n) is 1.87. The van der Waals surface area contributed by atoms with Crippen molar-refractivity contribution in [1.29, 1.82) is 0 Å². The topological polar surface area (TPSA) is 60.3 Å². The normalized spacial score (nSPS) is 10.2. The van der Waals surface area contributed by atoms with Crippen molar-refractivity contribution in [3.63, 3.8) is 0 Å². The third-order valence-electron chi connectivity index (χ3n) is 2.96. The molecule has 0 spiro atoms. The van der Waals surface area contributed by atoms with Crippen LogP contribution < -0.4 is 15.6 Å². The molecule has 0 aliphatic heterocycles. The van der Waals surface area contributed by atoms with Crippen LogP contribution in [0.2, 0.25) is 5.02 Å². The van der Waals surface area contributed by atoms with Gasteiger partial charge in [-0.2, -0.15) is 0 Å². The maximum atomic E-state index is 11.6. The number of amides is 1. The van der Waals surface area contributed by atoms with Crippen molar-refractivity contribution in [2.45, 2.75) is 13.0 Å². The van der Waals surface area contributed by atoms with Gasteiger partial charge in [0.05, 0.1) is 5.02 Å². The molecule has 0 atom stereocenters. The van der Waals surface area contributed by atoms with Crippen LogP contribution in [-0.2, 0) is 11.3 Å². The van der Waals surface area contributed by atoms with E-state index >= 15 is 0 Å². The number of aryl methyl sites for hydroxylation is 1. The molecular weight excluding hydrogens is 304 g/mol. The van der Waals surface area contributed by atoms with Gasteiger partial charge in [0.25, 0.3) is 11.5 Å². The number of ether oxygens (including phenoxy) is 1. The van der Waals surface area contributed by atoms with Gasteiger partial charge in [-0.15, -0.1) is 0 Å². The Morgan fingerprint density at radius 3 is 2.73 bits per heavy atom. The molecule has 22 heavy (non-hydrogen) atoms. The number of carbonyl (C=O) groups is 1. The van der Waals surface area contributed by atoms with Crippen molar-refractivity contribution in [2.24, 2.45) is 0 Å². The maximum absolute atomic E-state index is 11.6. The number of halogens is 1. The van der Waals surface area contributed by atoms with Crippen molar-refractivity contribution in [3.8, 4) is 5.75 Å². The van der Waals surface area contributed by atoms with E-state index in [1.54, 1.807) is 24.4 Å². The second-order valence-corrected chi connectivity index (χ2v) is 5.12. The number of nitrogens with zero attached hydrogens (tertiary/aromatic N) is 1. The lowest BCUT2D eigenvalue weighted by molar-refractivity contribution is -0.123. The molecule has 5 nitrogen and oxygen atoms in total. The number of para-hydroxylation sites is 1. The Morgan fingerprint density at radius 1 is 1.18 bits per heavy atom. The summed E-state index contributed by atoms with van der Waals surface area (Å²) >= 11 is 5.83. The number of rotatable bonds is 7. The first-order valence-corrected chi connectivity index (χ1v) is 7.33. The van der Waals surface area contributed by atoms with Crippen molar-refractivity contribution in [2.75, 3.05) is 13.2 Å². The molecule has 2 rings (SSSR count). The van der Waals surface area contributed by atoms with Crippen LogP contribution >= 0.6 is 11.6 Å². The summed E-state index contributed by atoms with van der Waals surface area (Å²) in [6.45, 7) is 0.941. The molecule has 0 saturated carbocycles. The van der Waals surface area contributed by atoms with Crippen LogP contribution in [0.25, 0.3) is 0 Å². The fourth-order valence-corrected chi connectivity index (χ4v) is 2.05. The number of aromatic nitrogens is 1. The van der Waals surface area contributed by atoms with Gasteiger partial charge in [0.1, 0.15) is 5.75 Å². The summed E-state index contributed by atoms with van der Waals surface area (Å²) in [5, 5.41) is 3.26. The Kier molecular flexibility index (Phi) is 6.03. The molecule has 1 amide bonds. The molecule has 0 radical (unpaired) electrons. The van der Waals surface area contributed by atoms with E-state index in [9.17, 15) is 9.59 Å². The molecule has 0 saturated heterocycles. The summed E-state index contributed by atoms with van der Waals surface area (Å²) in [5.74, 6) is 0.463. The molecular formula is C16H17ClN2O3. The minimum absolute atomic E-state index is 0.0267. The number of hydrogen-bond donors (Lipinski definition) is 1. The molecule has 1 N–H and O–H groups in total. The van der Waals surface area contributed by atoms with E-state index in [0.29, 0.717) is 30.3 Å². The van der Waals surface area contributed by atoms with Crippen LogP contribution in [0.5, 0.6) is 5.75 Å². The van der Waals surface area contributed by atoms with E-state index in [-0.39, 0.29) is 18.1 Å². The predicted octanol–water partition coefficient (Wildman–Crippen LogP) is 2.09. The highest BCUT2D eigenvalue weighted by molar-refractivity contribution is 6.30. The third-order valence-corrected chi connectivity index (χ3v) is 3.18. The van der Waals surface area contributed by atoms with E-state index in [0.717, 1.165) is 0 Å². The van der Waals surface area contributed by atoms with E-state index in [4.69, 9.17) is 16.3 Å². The van der Waals surface area contributed by atoms with Gasteiger partial charge >= 0.3 is 0 Å². The van der Waals surface area contributed by atoms with Crippen LogP contribution in [0.1, 0.15) is 6.42 Å². The standard InChI is InChI=1S/C16H17ClN2O3/c17-13-7-8-16(21)19(11-13)10-4-9-18-15(20)12-22-14-5-2-1-3-6-14/h1-3,5-8,11H,4,9-10,12H2,(H,18,20). The van der Waals surface area contributed by atoms with Gasteiger partial charge < -0.3 is 14.6 Å². The Balaban J connectivity index is 1.67. The summed E-state index contributed by atoms with van der Waals surface area (Å²) in [7, 11) is 0. The smallest absolute Gasteiger partial charge is 0.257 e. The molecule has 1 aromatic heterocycles. The molecule has 0 aliphatic carbocycles. The van der Waals surface area contributed by atoms with Crippen LogP contribution in [0.4, 0.5) is 0 Å². The molecule has 0 fully saturated rings. The van der Waals surface area contributed by atoms with E-state index < -0.39 is 0 Å². The maximum Gasteiger partial charge on any atom is 0.257 e. The average Bonchev–Trinajstić information content (AvgIpc) is 2.53. The van der Waals surface area contributed by atoms with E-state index in [1.165, 1.54) is 10.6 Å². The second kappa shape index (κ2) is 8.24. The Morgan fingerprint density at radius 2 is 1.95 bits per heavy atom. The quantitative estimate of drug-likeness (QED) is 0.795. The Labute approximate surface area is 133 Å². The van der Waals surface area contributed by atoms with Gasteiger partial charge in [0.15, 0.2) is 6.61 Å². The summed E-state index contributed by atoms with van der Waals surface area (Å²) in [5.41, 5.74) is -0.108. The van der Waals surface area contributed by atoms with Crippen molar-refractivity contribution in [1.82, 2.24) is 9.88 Å². The first-order valence-electron chi connectivity index (χ1n) is 6.96. The van der Waals surface area contributed by atoms with Crippen LogP contribution in [0.3, 0.4) is 0 Å². The number of pyridine rings is 1. The summed E-state index contributed by atoms with van der Waals surface area (Å²) in [6, 6.07) is 12.1. The van der Waals surface area contributed by atoms with Gasteiger partial charge in [-0.05, 0) is 24.6 Å². The number of hydrogen-bond acceptors (Lipinski definition) is 3. The highest BCUT2D eigenvalue weighted by atomic mass is 35.5. The van der Waals surface area contributed by atoms with Gasteiger partial charge in [0.2, 0.25) is 0 Å². The average molecular weight is 321 g/mol. The van der Waals surface area contributed by atoms with Gasteiger partial charge in [0, 0.05) is 25.4 Å². The summed E-state index contributed by atoms with van der Waals surface area (Å²) in [6.07, 6.45) is 2.22. The van der Waals surface area contributed by atoms with Crippen LogP contribution in [0, 0.1) is 0 Å². The first kappa shape index (κ1) is 16.1. The lowest BCUT2D eigenvalue weighted by Gasteiger charge is -2.08. The molecule has 0 unspecified atom stereocenters. The fraction of sp³-hybridized carbons (Fsp3) is 0.250. The van der Waals surface area contributed by atoms with E-state index in [1.807, 2.05) is 18.2 Å². The predicted molar refractivity (Wildman–Crippen MR) is 85.3 cm³/mol. The lowest BCUT2D eigenvalue weighted by atomic mass is 10.3. The zero-order chi connectivity index (χ0) is 15.8. The molecule has 0 bridgehead atoms. The van der Waals surface area contributed by atoms with Crippen molar-refractivity contribution in [3.05, 3.63) is 64.0 Å². The molecule has 116 valence electrons. The summed E-state index contributed by atoms with van der Waals surface area (Å²) < 4.78 is 6.86. The first-order chi connectivity index (χ1) is 10.6. The monoisotopic (exact) mass is 320 g/mol. The molecule has 0 aliphatic rings. The van der Waals surface area contributed by atoms with Gasteiger partial charge in [-0.1, -0.05) is 29.8 Å². The summed E-state index contributed by atoms with van der Waals surface area (Å²) in [4.78, 5) is 23.2. The number of carbonyl (C=O) groups excluding carboxylic acids is 1. The minimum atomic E-state index is -0.192. The zero-order valence-electron chi connectivity index (χ0n) is 12.0. The molecule has 6 heteroatoms. The number of nitrogens with one attached hydrogen (secondary N) is 1. The van der Waals surface area contributed by atoms with E-state index in [2.05, 4.69) is 5.32 Å². The molecule has 1 aromatic carbocycles. The minimum Gasteiger partial charge on any atom is -0.484 e. The van der Waals surface area contributed by atoms with Gasteiger partial charge in [-0.25, -0.2) is 0 Å².